The minimum Gasteiger partial charge on any atom is -0.458 e. The van der Waals surface area contributed by atoms with Crippen LogP contribution in [0.25, 0.3) is 0 Å². The lowest BCUT2D eigenvalue weighted by Crippen LogP contribution is -2.60. The summed E-state index contributed by atoms with van der Waals surface area (Å²) in [6, 6.07) is 9.61. The fourth-order valence-corrected chi connectivity index (χ4v) is 10.1. The van der Waals surface area contributed by atoms with E-state index in [0.29, 0.717) is 47.9 Å². The summed E-state index contributed by atoms with van der Waals surface area (Å²) in [7, 11) is 0. The average Bonchev–Trinajstić information content (AvgIpc) is 3.49. The van der Waals surface area contributed by atoms with Crippen molar-refractivity contribution in [1.29, 1.82) is 0 Å². The van der Waals surface area contributed by atoms with Gasteiger partial charge in [-0.15, -0.1) is 0 Å². The third-order valence-corrected chi connectivity index (χ3v) is 12.1. The van der Waals surface area contributed by atoms with Gasteiger partial charge in [0.25, 0.3) is 0 Å². The highest BCUT2D eigenvalue weighted by atomic mass is 16.7. The van der Waals surface area contributed by atoms with Crippen LogP contribution in [0.1, 0.15) is 95.8 Å². The molecule has 1 aromatic rings. The molecule has 0 aromatic heterocycles. The Balaban J connectivity index is 1.34. The maximum absolute atomic E-state index is 13.4. The second-order valence-corrected chi connectivity index (χ2v) is 13.5. The van der Waals surface area contributed by atoms with Crippen molar-refractivity contribution < 1.29 is 19.0 Å². The van der Waals surface area contributed by atoms with Crippen molar-refractivity contribution in [1.82, 2.24) is 0 Å². The number of carbonyl (C=O) groups excluding carboxylic acids is 1. The van der Waals surface area contributed by atoms with E-state index in [4.69, 9.17) is 14.2 Å². The SMILES string of the molecule is CCC(C)[C@H]1CCC2C3C(CC[C@@]21C)[C@@]1(C)CCC2(C[C@@H]1C[C@H]3OC(=O)c1ccccc1)OCCO2. The zero-order valence-corrected chi connectivity index (χ0v) is 22.8. The molecule has 0 N–H and O–H groups in total. The van der Waals surface area contributed by atoms with Gasteiger partial charge in [0, 0.05) is 18.8 Å². The predicted octanol–water partition coefficient (Wildman–Crippen LogP) is 7.27. The topological polar surface area (TPSA) is 44.8 Å². The van der Waals surface area contributed by atoms with Crippen molar-refractivity contribution in [3.8, 4) is 0 Å². The van der Waals surface area contributed by atoms with E-state index in [0.717, 1.165) is 37.5 Å². The van der Waals surface area contributed by atoms with Crippen LogP contribution in [-0.4, -0.2) is 31.1 Å². The first kappa shape index (κ1) is 24.9. The first-order valence-corrected chi connectivity index (χ1v) is 14.8. The van der Waals surface area contributed by atoms with Gasteiger partial charge < -0.3 is 14.2 Å². The largest absolute Gasteiger partial charge is 0.458 e. The van der Waals surface area contributed by atoms with Crippen LogP contribution in [0.3, 0.4) is 0 Å². The maximum atomic E-state index is 13.4. The minimum absolute atomic E-state index is 0.0161. The quantitative estimate of drug-likeness (QED) is 0.413. The molecule has 6 rings (SSSR count). The van der Waals surface area contributed by atoms with Gasteiger partial charge in [0.05, 0.1) is 18.8 Å². The number of carbonyl (C=O) groups is 1. The molecule has 4 saturated carbocycles. The fourth-order valence-electron chi connectivity index (χ4n) is 10.1. The molecule has 1 heterocycles. The lowest BCUT2D eigenvalue weighted by Gasteiger charge is -2.63. The van der Waals surface area contributed by atoms with Crippen LogP contribution in [0.15, 0.2) is 30.3 Å². The van der Waals surface area contributed by atoms with E-state index in [9.17, 15) is 4.79 Å². The Bertz CT molecular complexity index is 954. The van der Waals surface area contributed by atoms with Gasteiger partial charge in [-0.05, 0) is 91.1 Å². The fraction of sp³-hybridized carbons (Fsp3) is 0.781. The number of esters is 1. The van der Waals surface area contributed by atoms with Gasteiger partial charge in [-0.3, -0.25) is 0 Å². The summed E-state index contributed by atoms with van der Waals surface area (Å²) in [5, 5.41) is 0. The number of hydrogen-bond acceptors (Lipinski definition) is 4. The number of ether oxygens (including phenoxy) is 3. The lowest BCUT2D eigenvalue weighted by atomic mass is 9.43. The van der Waals surface area contributed by atoms with Crippen molar-refractivity contribution in [3.05, 3.63) is 35.9 Å². The van der Waals surface area contributed by atoms with Crippen LogP contribution >= 0.6 is 0 Å². The minimum atomic E-state index is -0.400. The van der Waals surface area contributed by atoms with E-state index in [2.05, 4.69) is 27.7 Å². The zero-order chi connectivity index (χ0) is 25.1. The molecule has 4 nitrogen and oxygen atoms in total. The third-order valence-electron chi connectivity index (χ3n) is 12.1. The van der Waals surface area contributed by atoms with Crippen LogP contribution in [0, 0.1) is 46.3 Å². The van der Waals surface area contributed by atoms with E-state index in [1.54, 1.807) is 0 Å². The Kier molecular flexibility index (Phi) is 6.31. The maximum Gasteiger partial charge on any atom is 0.338 e. The van der Waals surface area contributed by atoms with E-state index < -0.39 is 5.79 Å². The molecule has 36 heavy (non-hydrogen) atoms. The zero-order valence-electron chi connectivity index (χ0n) is 22.8. The first-order chi connectivity index (χ1) is 17.3. The summed E-state index contributed by atoms with van der Waals surface area (Å²) in [6.45, 7) is 11.4. The smallest absolute Gasteiger partial charge is 0.338 e. The molecule has 0 bridgehead atoms. The van der Waals surface area contributed by atoms with Crippen molar-refractivity contribution in [2.45, 2.75) is 97.4 Å². The summed E-state index contributed by atoms with van der Waals surface area (Å²) >= 11 is 0. The first-order valence-electron chi connectivity index (χ1n) is 14.8. The molecule has 1 saturated heterocycles. The van der Waals surface area contributed by atoms with Gasteiger partial charge in [0.2, 0.25) is 0 Å². The van der Waals surface area contributed by atoms with Crippen LogP contribution in [0.4, 0.5) is 0 Å². The van der Waals surface area contributed by atoms with Gasteiger partial charge in [0.15, 0.2) is 5.79 Å². The molecule has 4 heteroatoms. The van der Waals surface area contributed by atoms with Gasteiger partial charge in [0.1, 0.15) is 6.10 Å². The molecular formula is C32H46O4. The second-order valence-electron chi connectivity index (χ2n) is 13.5. The molecule has 5 aliphatic rings. The van der Waals surface area contributed by atoms with E-state index >= 15 is 0 Å². The predicted molar refractivity (Wildman–Crippen MR) is 140 cm³/mol. The summed E-state index contributed by atoms with van der Waals surface area (Å²) in [4.78, 5) is 13.4. The summed E-state index contributed by atoms with van der Waals surface area (Å²) < 4.78 is 19.0. The molecule has 1 spiro atoms. The van der Waals surface area contributed by atoms with Crippen LogP contribution < -0.4 is 0 Å². The standard InChI is InChI=1S/C32H46O4/c1-5-21(2)24-11-12-25-28-26(13-14-31(24,25)4)30(3)15-16-32(34-17-18-35-32)20-23(30)19-27(28)36-29(33)22-9-7-6-8-10-22/h6-10,21,23-28H,5,11-20H2,1-4H3/t21?,23-,24+,25?,26?,27+,28?,30-,31+/m0/s1. The lowest BCUT2D eigenvalue weighted by molar-refractivity contribution is -0.242. The van der Waals surface area contributed by atoms with Gasteiger partial charge >= 0.3 is 5.97 Å². The molecule has 5 fully saturated rings. The van der Waals surface area contributed by atoms with E-state index in [1.165, 1.54) is 32.1 Å². The molecule has 1 aliphatic heterocycles. The summed E-state index contributed by atoms with van der Waals surface area (Å²) in [5.74, 6) is 3.20. The van der Waals surface area contributed by atoms with Crippen molar-refractivity contribution in [2.24, 2.45) is 46.3 Å². The number of hydrogen-bond donors (Lipinski definition) is 0. The normalized spacial score (nSPS) is 43.9. The molecule has 0 amide bonds. The Morgan fingerprint density at radius 2 is 1.72 bits per heavy atom. The van der Waals surface area contributed by atoms with Crippen LogP contribution in [0.2, 0.25) is 0 Å². The van der Waals surface area contributed by atoms with Gasteiger partial charge in [-0.25, -0.2) is 4.79 Å². The highest BCUT2D eigenvalue weighted by Gasteiger charge is 2.65. The Hall–Kier alpha value is -1.39. The van der Waals surface area contributed by atoms with E-state index in [1.807, 2.05) is 30.3 Å². The highest BCUT2D eigenvalue weighted by molar-refractivity contribution is 5.89. The molecular weight excluding hydrogens is 448 g/mol. The van der Waals surface area contributed by atoms with Crippen molar-refractivity contribution in [2.75, 3.05) is 13.2 Å². The number of rotatable bonds is 4. The van der Waals surface area contributed by atoms with Crippen LogP contribution in [0.5, 0.6) is 0 Å². The monoisotopic (exact) mass is 494 g/mol. The van der Waals surface area contributed by atoms with Crippen molar-refractivity contribution >= 4 is 5.97 Å². The number of benzene rings is 1. The number of fused-ring (bicyclic) bond motifs is 5. The van der Waals surface area contributed by atoms with Crippen molar-refractivity contribution in [3.63, 3.8) is 0 Å². The molecule has 0 radical (unpaired) electrons. The molecule has 4 unspecified atom stereocenters. The van der Waals surface area contributed by atoms with E-state index in [-0.39, 0.29) is 17.5 Å². The average molecular weight is 495 g/mol. The Morgan fingerprint density at radius 3 is 2.44 bits per heavy atom. The highest BCUT2D eigenvalue weighted by Crippen LogP contribution is 2.69. The molecule has 1 aromatic carbocycles. The Morgan fingerprint density at radius 1 is 1.00 bits per heavy atom. The Labute approximate surface area is 217 Å². The van der Waals surface area contributed by atoms with Gasteiger partial charge in [-0.1, -0.05) is 52.3 Å². The summed E-state index contributed by atoms with van der Waals surface area (Å²) in [5.41, 5.74) is 1.31. The summed E-state index contributed by atoms with van der Waals surface area (Å²) in [6.07, 6.45) is 10.5. The third kappa shape index (κ3) is 3.80. The van der Waals surface area contributed by atoms with Gasteiger partial charge in [-0.2, -0.15) is 0 Å². The molecule has 198 valence electrons. The molecule has 4 aliphatic carbocycles. The van der Waals surface area contributed by atoms with Crippen LogP contribution in [-0.2, 0) is 14.2 Å². The second kappa shape index (κ2) is 9.12. The molecule has 9 atom stereocenters.